The van der Waals surface area contributed by atoms with Crippen molar-refractivity contribution in [2.24, 2.45) is 0 Å². The fourth-order valence-corrected chi connectivity index (χ4v) is 1.83. The van der Waals surface area contributed by atoms with Crippen molar-refractivity contribution >= 4 is 11.4 Å². The number of benzene rings is 1. The van der Waals surface area contributed by atoms with Gasteiger partial charge < -0.3 is 10.6 Å². The average Bonchev–Trinajstić information content (AvgIpc) is 2.43. The maximum atomic E-state index is 12.0. The molecular weight excluding hydrogens is 217 g/mol. The van der Waals surface area contributed by atoms with Crippen LogP contribution in [0.5, 0.6) is 0 Å². The van der Waals surface area contributed by atoms with Gasteiger partial charge in [-0.25, -0.2) is 5.54 Å². The van der Waals surface area contributed by atoms with Gasteiger partial charge in [0, 0.05) is 11.7 Å². The number of anilines is 2. The highest BCUT2D eigenvalue weighted by Crippen LogP contribution is 2.16. The van der Waals surface area contributed by atoms with E-state index in [1.807, 2.05) is 26.0 Å². The number of nitrogens with one attached hydrogen (secondary N) is 3. The molecule has 1 saturated heterocycles. The van der Waals surface area contributed by atoms with Crippen LogP contribution in [0.25, 0.3) is 0 Å². The number of hydrogen-bond acceptors (Lipinski definition) is 3. The molecule has 1 aromatic rings. The summed E-state index contributed by atoms with van der Waals surface area (Å²) >= 11 is 0. The minimum atomic E-state index is 0.492. The molecule has 0 saturated carbocycles. The largest absolute Gasteiger partial charge is 0.382 e. The lowest BCUT2D eigenvalue weighted by Crippen LogP contribution is -2.35. The molecule has 0 radical (unpaired) electrons. The molecule has 3 nitrogen and oxygen atoms in total. The van der Waals surface area contributed by atoms with E-state index in [2.05, 4.69) is 10.6 Å². The zero-order chi connectivity index (χ0) is 12.5. The van der Waals surface area contributed by atoms with Gasteiger partial charge in [0.1, 0.15) is 0 Å². The van der Waals surface area contributed by atoms with Crippen LogP contribution in [0.3, 0.4) is 0 Å². The number of hydrogen-bond donors (Lipinski definition) is 3. The fraction of sp³-hybridized carbons (Fsp3) is 0.538. The van der Waals surface area contributed by atoms with Crippen molar-refractivity contribution in [1.82, 2.24) is 5.32 Å². The second-order valence-electron chi connectivity index (χ2n) is 3.84. The van der Waals surface area contributed by atoms with Gasteiger partial charge in [-0.15, -0.1) is 4.48 Å². The van der Waals surface area contributed by atoms with E-state index in [0.717, 1.165) is 31.6 Å². The molecule has 0 aromatic heterocycles. The highest BCUT2D eigenvalue weighted by molar-refractivity contribution is 5.53. The lowest BCUT2D eigenvalue weighted by Gasteiger charge is -2.24. The Hall–Kier alpha value is -1.29. The summed E-state index contributed by atoms with van der Waals surface area (Å²) in [5, 5.41) is 6.76. The highest BCUT2D eigenvalue weighted by atomic mass is 19.2. The molecule has 17 heavy (non-hydrogen) atoms. The summed E-state index contributed by atoms with van der Waals surface area (Å²) < 4.78 is 12.0. The number of piperidine rings is 1. The van der Waals surface area contributed by atoms with Crippen LogP contribution < -0.4 is 16.2 Å². The third kappa shape index (κ3) is 4.61. The SMILES string of the molecule is CC.FNc1ccc(NC2CCNCC2)cc1. The van der Waals surface area contributed by atoms with Gasteiger partial charge in [0.2, 0.25) is 0 Å². The predicted molar refractivity (Wildman–Crippen MR) is 72.0 cm³/mol. The quantitative estimate of drug-likeness (QED) is 0.709. The third-order valence-electron chi connectivity index (χ3n) is 2.70. The first-order chi connectivity index (χ1) is 8.38. The fourth-order valence-electron chi connectivity index (χ4n) is 1.83. The van der Waals surface area contributed by atoms with Crippen LogP contribution in [0.15, 0.2) is 24.3 Å². The summed E-state index contributed by atoms with van der Waals surface area (Å²) in [5.41, 5.74) is 3.17. The molecule has 1 fully saturated rings. The molecule has 1 aliphatic heterocycles. The summed E-state index contributed by atoms with van der Waals surface area (Å²) in [6.45, 7) is 6.14. The first kappa shape index (κ1) is 13.8. The molecule has 0 unspecified atom stereocenters. The average molecular weight is 239 g/mol. The molecule has 4 heteroatoms. The lowest BCUT2D eigenvalue weighted by molar-refractivity contribution is 0.479. The van der Waals surface area contributed by atoms with E-state index >= 15 is 0 Å². The molecule has 0 aliphatic carbocycles. The number of rotatable bonds is 3. The molecule has 0 amide bonds. The molecular formula is C13H22FN3. The summed E-state index contributed by atoms with van der Waals surface area (Å²) in [6, 6.07) is 7.77. The minimum absolute atomic E-state index is 0.492. The van der Waals surface area contributed by atoms with Gasteiger partial charge in [-0.3, -0.25) is 0 Å². The molecule has 0 bridgehead atoms. The van der Waals surface area contributed by atoms with Crippen LogP contribution in [0.2, 0.25) is 0 Å². The third-order valence-corrected chi connectivity index (χ3v) is 2.70. The van der Waals surface area contributed by atoms with Crippen molar-refractivity contribution in [3.63, 3.8) is 0 Å². The van der Waals surface area contributed by atoms with Gasteiger partial charge in [-0.1, -0.05) is 13.8 Å². The van der Waals surface area contributed by atoms with Crippen molar-refractivity contribution in [1.29, 1.82) is 0 Å². The Morgan fingerprint density at radius 2 is 1.59 bits per heavy atom. The standard InChI is InChI=1S/C11H16FN3.C2H6/c12-15-11-3-1-9(2-4-11)14-10-5-7-13-8-6-10;1-2/h1-4,10,13-15H,5-8H2;1-2H3. The van der Waals surface area contributed by atoms with Crippen molar-refractivity contribution in [2.45, 2.75) is 32.7 Å². The van der Waals surface area contributed by atoms with Crippen molar-refractivity contribution in [3.05, 3.63) is 24.3 Å². The minimum Gasteiger partial charge on any atom is -0.382 e. The van der Waals surface area contributed by atoms with Crippen LogP contribution in [-0.4, -0.2) is 19.1 Å². The summed E-state index contributed by atoms with van der Waals surface area (Å²) in [6.07, 6.45) is 2.28. The zero-order valence-electron chi connectivity index (χ0n) is 10.6. The molecule has 3 N–H and O–H groups in total. The van der Waals surface area contributed by atoms with E-state index in [-0.39, 0.29) is 0 Å². The van der Waals surface area contributed by atoms with Crippen LogP contribution in [0.4, 0.5) is 15.9 Å². The van der Waals surface area contributed by atoms with Crippen LogP contribution in [-0.2, 0) is 0 Å². The van der Waals surface area contributed by atoms with Crippen LogP contribution in [0, 0.1) is 0 Å². The Labute approximate surface area is 103 Å². The van der Waals surface area contributed by atoms with Gasteiger partial charge in [0.25, 0.3) is 0 Å². The Balaban J connectivity index is 0.000000686. The summed E-state index contributed by atoms with van der Waals surface area (Å²) in [4.78, 5) is 0. The maximum Gasteiger partial charge on any atom is 0.0657 e. The van der Waals surface area contributed by atoms with E-state index in [4.69, 9.17) is 0 Å². The molecule has 1 heterocycles. The Morgan fingerprint density at radius 1 is 1.06 bits per heavy atom. The second-order valence-corrected chi connectivity index (χ2v) is 3.84. The van der Waals surface area contributed by atoms with Crippen molar-refractivity contribution in [3.8, 4) is 0 Å². The van der Waals surface area contributed by atoms with E-state index in [1.165, 1.54) is 0 Å². The Bertz CT molecular complexity index is 294. The van der Waals surface area contributed by atoms with Gasteiger partial charge in [-0.05, 0) is 50.2 Å². The van der Waals surface area contributed by atoms with Gasteiger partial charge in [0.05, 0.1) is 5.69 Å². The molecule has 96 valence electrons. The van der Waals surface area contributed by atoms with E-state index in [9.17, 15) is 4.48 Å². The second kappa shape index (κ2) is 7.90. The smallest absolute Gasteiger partial charge is 0.0657 e. The number of halogens is 1. The van der Waals surface area contributed by atoms with E-state index < -0.39 is 0 Å². The monoisotopic (exact) mass is 239 g/mol. The normalized spacial score (nSPS) is 15.7. The Morgan fingerprint density at radius 3 is 2.12 bits per heavy atom. The zero-order valence-corrected chi connectivity index (χ0v) is 10.6. The molecule has 0 spiro atoms. The molecule has 0 atom stereocenters. The lowest BCUT2D eigenvalue weighted by atomic mass is 10.1. The molecule has 2 rings (SSSR count). The van der Waals surface area contributed by atoms with E-state index in [0.29, 0.717) is 11.7 Å². The molecule has 1 aliphatic rings. The van der Waals surface area contributed by atoms with Gasteiger partial charge >= 0.3 is 0 Å². The van der Waals surface area contributed by atoms with Crippen LogP contribution >= 0.6 is 0 Å². The van der Waals surface area contributed by atoms with Crippen LogP contribution in [0.1, 0.15) is 26.7 Å². The van der Waals surface area contributed by atoms with Gasteiger partial charge in [0.15, 0.2) is 0 Å². The highest BCUT2D eigenvalue weighted by Gasteiger charge is 2.11. The predicted octanol–water partition coefficient (Wildman–Crippen LogP) is 3.17. The first-order valence-corrected chi connectivity index (χ1v) is 6.32. The summed E-state index contributed by atoms with van der Waals surface area (Å²) in [7, 11) is 0. The van der Waals surface area contributed by atoms with Crippen molar-refractivity contribution < 1.29 is 4.48 Å². The maximum absolute atomic E-state index is 12.0. The summed E-state index contributed by atoms with van der Waals surface area (Å²) in [5.74, 6) is 0. The molecule has 1 aromatic carbocycles. The Kier molecular flexibility index (Phi) is 6.40. The van der Waals surface area contributed by atoms with E-state index in [1.54, 1.807) is 17.7 Å². The van der Waals surface area contributed by atoms with Crippen molar-refractivity contribution in [2.75, 3.05) is 23.9 Å². The topological polar surface area (TPSA) is 36.1 Å². The van der Waals surface area contributed by atoms with Gasteiger partial charge in [-0.2, -0.15) is 0 Å². The first-order valence-electron chi connectivity index (χ1n) is 6.32.